The first-order valence-electron chi connectivity index (χ1n) is 9.38. The van der Waals surface area contributed by atoms with Crippen LogP contribution in [0.2, 0.25) is 0 Å². The standard InChI is InChI=1S/C22H26N2O3S2/c1-21(2,3)14-10-13(11-15(18(14)26)22(4,5)6)16(25)12-29-20-24-23-19(27-20)17-8-7-9-28-17/h7-11,26H,12H2,1-6H3. The summed E-state index contributed by atoms with van der Waals surface area (Å²) in [5.41, 5.74) is 1.57. The van der Waals surface area contributed by atoms with E-state index in [2.05, 4.69) is 10.2 Å². The summed E-state index contributed by atoms with van der Waals surface area (Å²) in [7, 11) is 0. The largest absolute Gasteiger partial charge is 0.507 e. The lowest BCUT2D eigenvalue weighted by molar-refractivity contribution is 0.102. The Morgan fingerprint density at radius 1 is 1.10 bits per heavy atom. The SMILES string of the molecule is CC(C)(C)c1cc(C(=O)CSc2nnc(-c3cccs3)o2)cc(C(C)(C)C)c1O. The zero-order valence-corrected chi connectivity index (χ0v) is 19.2. The van der Waals surface area contributed by atoms with Crippen LogP contribution in [0.1, 0.15) is 63.0 Å². The van der Waals surface area contributed by atoms with Gasteiger partial charge in [-0.3, -0.25) is 4.79 Å². The molecule has 154 valence electrons. The molecule has 0 aliphatic rings. The van der Waals surface area contributed by atoms with Gasteiger partial charge in [-0.05, 0) is 34.4 Å². The Balaban J connectivity index is 1.83. The molecule has 0 radical (unpaired) electrons. The van der Waals surface area contributed by atoms with Crippen molar-refractivity contribution in [2.75, 3.05) is 5.75 Å². The van der Waals surface area contributed by atoms with Gasteiger partial charge in [-0.15, -0.1) is 21.5 Å². The van der Waals surface area contributed by atoms with Crippen LogP contribution in [0.5, 0.6) is 5.75 Å². The number of nitrogens with zero attached hydrogens (tertiary/aromatic N) is 2. The third kappa shape index (κ3) is 4.90. The first-order chi connectivity index (χ1) is 13.5. The van der Waals surface area contributed by atoms with Crippen molar-refractivity contribution in [2.24, 2.45) is 0 Å². The van der Waals surface area contributed by atoms with Gasteiger partial charge in [0.1, 0.15) is 5.75 Å². The number of thioether (sulfide) groups is 1. The lowest BCUT2D eigenvalue weighted by Gasteiger charge is -2.28. The second-order valence-corrected chi connectivity index (χ2v) is 10.9. The van der Waals surface area contributed by atoms with Gasteiger partial charge in [0, 0.05) is 16.7 Å². The van der Waals surface area contributed by atoms with Crippen molar-refractivity contribution < 1.29 is 14.3 Å². The predicted molar refractivity (Wildman–Crippen MR) is 118 cm³/mol. The van der Waals surface area contributed by atoms with Gasteiger partial charge in [-0.2, -0.15) is 0 Å². The molecule has 2 heterocycles. The number of thiophene rings is 1. The summed E-state index contributed by atoms with van der Waals surface area (Å²) in [6, 6.07) is 7.44. The Labute approximate surface area is 179 Å². The van der Waals surface area contributed by atoms with Crippen LogP contribution < -0.4 is 0 Å². The van der Waals surface area contributed by atoms with Gasteiger partial charge in [-0.25, -0.2) is 0 Å². The number of hydrogen-bond acceptors (Lipinski definition) is 7. The fourth-order valence-electron chi connectivity index (χ4n) is 2.92. The number of benzene rings is 1. The van der Waals surface area contributed by atoms with E-state index in [0.717, 1.165) is 16.0 Å². The molecule has 0 bridgehead atoms. The molecule has 0 fully saturated rings. The third-order valence-electron chi connectivity index (χ3n) is 4.51. The molecule has 7 heteroatoms. The maximum Gasteiger partial charge on any atom is 0.277 e. The predicted octanol–water partition coefficient (Wildman–Crippen LogP) is 6.07. The van der Waals surface area contributed by atoms with Gasteiger partial charge in [0.05, 0.1) is 10.6 Å². The van der Waals surface area contributed by atoms with Gasteiger partial charge >= 0.3 is 0 Å². The van der Waals surface area contributed by atoms with Gasteiger partial charge in [0.25, 0.3) is 11.1 Å². The number of hydrogen-bond donors (Lipinski definition) is 1. The third-order valence-corrected chi connectivity index (χ3v) is 6.19. The summed E-state index contributed by atoms with van der Waals surface area (Å²) >= 11 is 2.75. The lowest BCUT2D eigenvalue weighted by Crippen LogP contribution is -2.19. The molecule has 0 spiro atoms. The highest BCUT2D eigenvalue weighted by Gasteiger charge is 2.28. The summed E-state index contributed by atoms with van der Waals surface area (Å²) in [6.45, 7) is 12.2. The highest BCUT2D eigenvalue weighted by Crippen LogP contribution is 2.40. The second kappa shape index (κ2) is 7.95. The summed E-state index contributed by atoms with van der Waals surface area (Å²) in [4.78, 5) is 13.8. The first kappa shape index (κ1) is 21.6. The van der Waals surface area contributed by atoms with Crippen LogP contribution in [0.3, 0.4) is 0 Å². The number of carbonyl (C=O) groups excluding carboxylic acids is 1. The number of ketones is 1. The molecule has 3 aromatic rings. The van der Waals surface area contributed by atoms with Crippen LogP contribution in [0.25, 0.3) is 10.8 Å². The van der Waals surface area contributed by atoms with Crippen LogP contribution in [-0.2, 0) is 10.8 Å². The van der Waals surface area contributed by atoms with Crippen molar-refractivity contribution in [3.63, 3.8) is 0 Å². The van der Waals surface area contributed by atoms with Gasteiger partial charge in [-0.1, -0.05) is 59.4 Å². The minimum Gasteiger partial charge on any atom is -0.507 e. The molecule has 1 aromatic carbocycles. The van der Waals surface area contributed by atoms with Crippen LogP contribution in [0, 0.1) is 0 Å². The summed E-state index contributed by atoms with van der Waals surface area (Å²) in [6.07, 6.45) is 0. The van der Waals surface area contributed by atoms with Gasteiger partial charge < -0.3 is 9.52 Å². The number of phenolic OH excluding ortho intramolecular Hbond substituents is 1. The van der Waals surface area contributed by atoms with E-state index in [9.17, 15) is 9.90 Å². The van der Waals surface area contributed by atoms with E-state index in [1.165, 1.54) is 23.1 Å². The summed E-state index contributed by atoms with van der Waals surface area (Å²) in [5, 5.41) is 21.2. The number of rotatable bonds is 5. The number of aromatic nitrogens is 2. The highest BCUT2D eigenvalue weighted by molar-refractivity contribution is 7.99. The Kier molecular flexibility index (Phi) is 5.92. The fourth-order valence-corrected chi connectivity index (χ4v) is 4.22. The number of Topliss-reactive ketones (excluding diaryl/α,β-unsaturated/α-hetero) is 1. The second-order valence-electron chi connectivity index (χ2n) is 8.98. The molecule has 0 unspecified atom stereocenters. The van der Waals surface area contributed by atoms with Gasteiger partial charge in [0.15, 0.2) is 5.78 Å². The number of phenols is 1. The van der Waals surface area contributed by atoms with E-state index in [1.807, 2.05) is 59.1 Å². The number of aromatic hydroxyl groups is 1. The average molecular weight is 431 g/mol. The Hall–Kier alpha value is -2.12. The summed E-state index contributed by atoms with van der Waals surface area (Å²) < 4.78 is 5.65. The van der Waals surface area contributed by atoms with E-state index >= 15 is 0 Å². The maximum atomic E-state index is 12.9. The Morgan fingerprint density at radius 3 is 2.24 bits per heavy atom. The molecule has 1 N–H and O–H groups in total. The quantitative estimate of drug-likeness (QED) is 0.391. The normalized spacial score (nSPS) is 12.3. The van der Waals surface area contributed by atoms with Crippen LogP contribution in [0.15, 0.2) is 39.3 Å². The highest BCUT2D eigenvalue weighted by atomic mass is 32.2. The van der Waals surface area contributed by atoms with Crippen LogP contribution in [0.4, 0.5) is 0 Å². The molecule has 0 aliphatic heterocycles. The monoisotopic (exact) mass is 430 g/mol. The van der Waals surface area contributed by atoms with Crippen molar-refractivity contribution >= 4 is 28.9 Å². The molecule has 0 aliphatic carbocycles. The minimum absolute atomic E-state index is 0.0399. The Bertz CT molecular complexity index is 975. The molecule has 0 saturated carbocycles. The molecule has 2 aromatic heterocycles. The molecular weight excluding hydrogens is 404 g/mol. The molecule has 5 nitrogen and oxygen atoms in total. The molecule has 29 heavy (non-hydrogen) atoms. The van der Waals surface area contributed by atoms with E-state index in [-0.39, 0.29) is 28.1 Å². The van der Waals surface area contributed by atoms with Crippen LogP contribution >= 0.6 is 23.1 Å². The van der Waals surface area contributed by atoms with Crippen molar-refractivity contribution in [1.29, 1.82) is 0 Å². The average Bonchev–Trinajstić information content (AvgIpc) is 3.29. The molecule has 0 amide bonds. The van der Waals surface area contributed by atoms with Crippen molar-refractivity contribution in [1.82, 2.24) is 10.2 Å². The first-order valence-corrected chi connectivity index (χ1v) is 11.2. The molecule has 3 rings (SSSR count). The zero-order chi connectivity index (χ0) is 21.4. The lowest BCUT2D eigenvalue weighted by atomic mass is 9.78. The van der Waals surface area contributed by atoms with E-state index in [1.54, 1.807) is 12.1 Å². The van der Waals surface area contributed by atoms with Gasteiger partial charge in [0.2, 0.25) is 0 Å². The Morgan fingerprint density at radius 2 is 1.72 bits per heavy atom. The molecule has 0 atom stereocenters. The summed E-state index contributed by atoms with van der Waals surface area (Å²) in [5.74, 6) is 0.877. The van der Waals surface area contributed by atoms with Crippen molar-refractivity contribution in [2.45, 2.75) is 57.6 Å². The van der Waals surface area contributed by atoms with E-state index in [0.29, 0.717) is 16.7 Å². The topological polar surface area (TPSA) is 76.2 Å². The molecular formula is C22H26N2O3S2. The fraction of sp³-hybridized carbons (Fsp3) is 0.409. The minimum atomic E-state index is -0.282. The van der Waals surface area contributed by atoms with Crippen molar-refractivity contribution in [3.8, 4) is 16.5 Å². The number of carbonyl (C=O) groups is 1. The maximum absolute atomic E-state index is 12.9. The van der Waals surface area contributed by atoms with E-state index in [4.69, 9.17) is 4.42 Å². The smallest absolute Gasteiger partial charge is 0.277 e. The molecule has 0 saturated heterocycles. The van der Waals surface area contributed by atoms with Crippen LogP contribution in [-0.4, -0.2) is 26.8 Å². The zero-order valence-electron chi connectivity index (χ0n) is 17.6. The van der Waals surface area contributed by atoms with E-state index < -0.39 is 0 Å². The van der Waals surface area contributed by atoms with Crippen molar-refractivity contribution in [3.05, 3.63) is 46.3 Å².